The number of nitrogens with one attached hydrogen (secondary N) is 1. The molecule has 0 spiro atoms. The molecule has 1 aliphatic rings. The number of halogens is 2. The van der Waals surface area contributed by atoms with Crippen molar-refractivity contribution in [1.29, 1.82) is 0 Å². The number of benzene rings is 1. The molecular formula is C19H21F2N3O2S. The normalized spacial score (nSPS) is 17.0. The lowest BCUT2D eigenvalue weighted by Gasteiger charge is -2.32. The molecule has 2 aromatic rings. The van der Waals surface area contributed by atoms with E-state index in [-0.39, 0.29) is 11.8 Å². The van der Waals surface area contributed by atoms with Crippen LogP contribution >= 0.6 is 11.3 Å². The number of carbonyl (C=O) groups is 2. The molecule has 3 rings (SSSR count). The maximum Gasteiger partial charge on any atom is 0.259 e. The molecule has 2 amide bonds. The van der Waals surface area contributed by atoms with E-state index in [0.29, 0.717) is 26.1 Å². The molecule has 1 saturated heterocycles. The Balaban J connectivity index is 1.67. The van der Waals surface area contributed by atoms with Gasteiger partial charge in [-0.15, -0.1) is 11.3 Å². The van der Waals surface area contributed by atoms with E-state index < -0.39 is 23.1 Å². The number of aromatic nitrogens is 1. The minimum absolute atomic E-state index is 0.0528. The Hall–Kier alpha value is -2.35. The van der Waals surface area contributed by atoms with E-state index in [1.54, 1.807) is 0 Å². The molecule has 5 nitrogen and oxygen atoms in total. The molecule has 1 N–H and O–H groups in total. The molecule has 1 fully saturated rings. The van der Waals surface area contributed by atoms with E-state index in [2.05, 4.69) is 10.3 Å². The number of hydrogen-bond acceptors (Lipinski definition) is 4. The standard InChI is InChI=1S/C19H21F2N3O2S/c1-12(25)22-8-7-14-11-27-18(23-14)13-4-3-9-24(10-13)19(26)17-15(20)5-2-6-16(17)21/h2,5-6,11,13H,3-4,7-10H2,1H3,(H,22,25)/t13-/m0/s1. The van der Waals surface area contributed by atoms with Gasteiger partial charge in [-0.3, -0.25) is 9.59 Å². The molecule has 1 aliphatic heterocycles. The van der Waals surface area contributed by atoms with Crippen LogP contribution in [0.15, 0.2) is 23.6 Å². The van der Waals surface area contributed by atoms with Crippen LogP contribution in [0, 0.1) is 11.6 Å². The van der Waals surface area contributed by atoms with Crippen molar-refractivity contribution in [2.45, 2.75) is 32.1 Å². The van der Waals surface area contributed by atoms with E-state index in [9.17, 15) is 18.4 Å². The monoisotopic (exact) mass is 393 g/mol. The molecule has 144 valence electrons. The summed E-state index contributed by atoms with van der Waals surface area (Å²) in [5.74, 6) is -2.31. The molecule has 8 heteroatoms. The third kappa shape index (κ3) is 4.68. The Labute approximate surface area is 160 Å². The van der Waals surface area contributed by atoms with Gasteiger partial charge in [0.2, 0.25) is 5.91 Å². The number of carbonyl (C=O) groups excluding carboxylic acids is 2. The van der Waals surface area contributed by atoms with Gasteiger partial charge in [0.1, 0.15) is 17.2 Å². The lowest BCUT2D eigenvalue weighted by Crippen LogP contribution is -2.39. The zero-order valence-electron chi connectivity index (χ0n) is 15.0. The van der Waals surface area contributed by atoms with Crippen molar-refractivity contribution in [2.75, 3.05) is 19.6 Å². The first kappa shape index (κ1) is 19.4. The van der Waals surface area contributed by atoms with Gasteiger partial charge in [0.15, 0.2) is 0 Å². The Bertz CT molecular complexity index is 820. The quantitative estimate of drug-likeness (QED) is 0.849. The molecule has 27 heavy (non-hydrogen) atoms. The molecule has 2 heterocycles. The Morgan fingerprint density at radius 3 is 2.78 bits per heavy atom. The van der Waals surface area contributed by atoms with Gasteiger partial charge in [0.05, 0.1) is 10.7 Å². The van der Waals surface area contributed by atoms with E-state index >= 15 is 0 Å². The average Bonchev–Trinajstić information content (AvgIpc) is 3.10. The highest BCUT2D eigenvalue weighted by Crippen LogP contribution is 2.30. The first-order valence-corrected chi connectivity index (χ1v) is 9.75. The Morgan fingerprint density at radius 1 is 1.33 bits per heavy atom. The Kier molecular flexibility index (Phi) is 6.15. The predicted molar refractivity (Wildman–Crippen MR) is 98.7 cm³/mol. The van der Waals surface area contributed by atoms with Crippen molar-refractivity contribution in [3.05, 3.63) is 51.5 Å². The molecule has 0 aliphatic carbocycles. The Morgan fingerprint density at radius 2 is 2.07 bits per heavy atom. The second-order valence-electron chi connectivity index (χ2n) is 6.60. The minimum Gasteiger partial charge on any atom is -0.356 e. The average molecular weight is 393 g/mol. The van der Waals surface area contributed by atoms with Crippen LogP contribution < -0.4 is 5.32 Å². The number of likely N-dealkylation sites (tertiary alicyclic amines) is 1. The van der Waals surface area contributed by atoms with Crippen molar-refractivity contribution >= 4 is 23.2 Å². The summed E-state index contributed by atoms with van der Waals surface area (Å²) in [4.78, 5) is 29.7. The predicted octanol–water partition coefficient (Wildman–Crippen LogP) is 3.12. The molecule has 0 bridgehead atoms. The van der Waals surface area contributed by atoms with Gasteiger partial charge >= 0.3 is 0 Å². The van der Waals surface area contributed by atoms with Gasteiger partial charge in [-0.1, -0.05) is 6.07 Å². The molecule has 1 atom stereocenters. The highest BCUT2D eigenvalue weighted by molar-refractivity contribution is 7.09. The van der Waals surface area contributed by atoms with Crippen LogP contribution in [0.3, 0.4) is 0 Å². The summed E-state index contributed by atoms with van der Waals surface area (Å²) in [6.07, 6.45) is 2.28. The van der Waals surface area contributed by atoms with Gasteiger partial charge in [0.25, 0.3) is 5.91 Å². The number of piperidine rings is 1. The number of thiazole rings is 1. The van der Waals surface area contributed by atoms with Gasteiger partial charge in [-0.05, 0) is 25.0 Å². The highest BCUT2D eigenvalue weighted by atomic mass is 32.1. The topological polar surface area (TPSA) is 62.3 Å². The van der Waals surface area contributed by atoms with Crippen LogP contribution in [0.1, 0.15) is 46.7 Å². The first-order valence-electron chi connectivity index (χ1n) is 8.87. The third-order valence-electron chi connectivity index (χ3n) is 4.56. The zero-order valence-corrected chi connectivity index (χ0v) is 15.8. The molecule has 0 unspecified atom stereocenters. The van der Waals surface area contributed by atoms with Gasteiger partial charge in [-0.25, -0.2) is 13.8 Å². The SMILES string of the molecule is CC(=O)NCCc1csc([C@H]2CCCN(C(=O)c3c(F)cccc3F)C2)n1. The summed E-state index contributed by atoms with van der Waals surface area (Å²) >= 11 is 1.52. The fourth-order valence-corrected chi connectivity index (χ4v) is 4.20. The third-order valence-corrected chi connectivity index (χ3v) is 5.62. The van der Waals surface area contributed by atoms with Crippen LogP contribution in [-0.4, -0.2) is 41.3 Å². The largest absolute Gasteiger partial charge is 0.356 e. The fourth-order valence-electron chi connectivity index (χ4n) is 3.21. The summed E-state index contributed by atoms with van der Waals surface area (Å²) in [5, 5.41) is 5.60. The van der Waals surface area contributed by atoms with Crippen LogP contribution in [0.4, 0.5) is 8.78 Å². The highest BCUT2D eigenvalue weighted by Gasteiger charge is 2.30. The minimum atomic E-state index is -0.836. The summed E-state index contributed by atoms with van der Waals surface area (Å²) in [6, 6.07) is 3.44. The first-order chi connectivity index (χ1) is 13.0. The van der Waals surface area contributed by atoms with Crippen molar-refractivity contribution in [2.24, 2.45) is 0 Å². The van der Waals surface area contributed by atoms with Gasteiger partial charge in [-0.2, -0.15) is 0 Å². The summed E-state index contributed by atoms with van der Waals surface area (Å²) < 4.78 is 27.9. The second kappa shape index (κ2) is 8.56. The van der Waals surface area contributed by atoms with E-state index in [1.807, 2.05) is 5.38 Å². The van der Waals surface area contributed by atoms with E-state index in [1.165, 1.54) is 29.2 Å². The molecule has 1 aromatic heterocycles. The van der Waals surface area contributed by atoms with Crippen molar-refractivity contribution < 1.29 is 18.4 Å². The second-order valence-corrected chi connectivity index (χ2v) is 7.49. The fraction of sp³-hybridized carbons (Fsp3) is 0.421. The number of nitrogens with zero attached hydrogens (tertiary/aromatic N) is 2. The smallest absolute Gasteiger partial charge is 0.259 e. The summed E-state index contributed by atoms with van der Waals surface area (Å²) in [7, 11) is 0. The van der Waals surface area contributed by atoms with Crippen molar-refractivity contribution in [1.82, 2.24) is 15.2 Å². The van der Waals surface area contributed by atoms with Gasteiger partial charge < -0.3 is 10.2 Å². The van der Waals surface area contributed by atoms with E-state index in [4.69, 9.17) is 0 Å². The van der Waals surface area contributed by atoms with Crippen LogP contribution in [-0.2, 0) is 11.2 Å². The summed E-state index contributed by atoms with van der Waals surface area (Å²) in [5.41, 5.74) is 0.403. The maximum absolute atomic E-state index is 13.9. The van der Waals surface area contributed by atoms with E-state index in [0.717, 1.165) is 35.7 Å². The number of amides is 2. The van der Waals surface area contributed by atoms with Gasteiger partial charge in [0, 0.05) is 44.3 Å². The van der Waals surface area contributed by atoms with Crippen molar-refractivity contribution in [3.8, 4) is 0 Å². The maximum atomic E-state index is 13.9. The summed E-state index contributed by atoms with van der Waals surface area (Å²) in [6.45, 7) is 2.87. The van der Waals surface area contributed by atoms with Crippen LogP contribution in [0.2, 0.25) is 0 Å². The van der Waals surface area contributed by atoms with Crippen LogP contribution in [0.5, 0.6) is 0 Å². The molecular weight excluding hydrogens is 372 g/mol. The van der Waals surface area contributed by atoms with Crippen LogP contribution in [0.25, 0.3) is 0 Å². The number of hydrogen-bond donors (Lipinski definition) is 1. The lowest BCUT2D eigenvalue weighted by atomic mass is 9.98. The molecule has 0 radical (unpaired) electrons. The van der Waals surface area contributed by atoms with Crippen molar-refractivity contribution in [3.63, 3.8) is 0 Å². The lowest BCUT2D eigenvalue weighted by molar-refractivity contribution is -0.118. The zero-order chi connectivity index (χ0) is 19.4. The molecule has 0 saturated carbocycles. The molecule has 1 aromatic carbocycles. The number of rotatable bonds is 5.